The minimum atomic E-state index is -1.11. The van der Waals surface area contributed by atoms with Crippen LogP contribution in [-0.2, 0) is 0 Å². The first kappa shape index (κ1) is 15.6. The summed E-state index contributed by atoms with van der Waals surface area (Å²) in [4.78, 5) is 11.0. The van der Waals surface area contributed by atoms with Crippen molar-refractivity contribution in [2.45, 2.75) is 37.8 Å². The van der Waals surface area contributed by atoms with Crippen molar-refractivity contribution in [1.82, 2.24) is 24.7 Å². The van der Waals surface area contributed by atoms with Crippen LogP contribution >= 0.6 is 0 Å². The molecule has 0 amide bonds. The van der Waals surface area contributed by atoms with E-state index in [0.29, 0.717) is 16.9 Å². The van der Waals surface area contributed by atoms with E-state index in [1.54, 1.807) is 23.3 Å². The maximum Gasteiger partial charge on any atom is 0.316 e. The van der Waals surface area contributed by atoms with Gasteiger partial charge in [0.25, 0.3) is 0 Å². The van der Waals surface area contributed by atoms with Crippen LogP contribution in [0.5, 0.6) is 6.01 Å². The molecule has 3 heterocycles. The van der Waals surface area contributed by atoms with Crippen molar-refractivity contribution >= 4 is 11.0 Å². The van der Waals surface area contributed by atoms with E-state index in [1.807, 2.05) is 12.1 Å². The van der Waals surface area contributed by atoms with E-state index in [9.17, 15) is 15.5 Å². The van der Waals surface area contributed by atoms with Crippen LogP contribution in [0.3, 0.4) is 0 Å². The number of aliphatic hydroxyl groups excluding tert-OH is 1. The summed E-state index contributed by atoms with van der Waals surface area (Å²) in [5.74, 6) is 0.230. The fraction of sp³-hybridized carbons (Fsp3) is 0.412. The molecule has 0 saturated heterocycles. The highest BCUT2D eigenvalue weighted by Crippen LogP contribution is 2.37. The summed E-state index contributed by atoms with van der Waals surface area (Å²) in [6, 6.07) is 3.09. The van der Waals surface area contributed by atoms with Crippen LogP contribution in [0.4, 0.5) is 0 Å². The number of rotatable bonds is 4. The molecule has 0 spiro atoms. The number of aliphatic hydroxyl groups is 1. The van der Waals surface area contributed by atoms with Crippen molar-refractivity contribution in [3.05, 3.63) is 24.7 Å². The number of aromatic nitrogens is 5. The number of aromatic hydroxyl groups is 1. The van der Waals surface area contributed by atoms with Crippen molar-refractivity contribution in [1.29, 1.82) is 5.26 Å². The average molecular weight is 338 g/mol. The summed E-state index contributed by atoms with van der Waals surface area (Å²) < 4.78 is 1.66. The topological polar surface area (TPSA) is 124 Å². The molecule has 0 aromatic carbocycles. The first-order valence-electron chi connectivity index (χ1n) is 8.33. The molecule has 3 aromatic heterocycles. The Bertz CT molecular complexity index is 934. The maximum atomic E-state index is 10.2. The summed E-state index contributed by atoms with van der Waals surface area (Å²) in [6.07, 6.45) is 8.21. The van der Waals surface area contributed by atoms with Gasteiger partial charge >= 0.3 is 6.01 Å². The minimum absolute atomic E-state index is 0.230. The average Bonchev–Trinajstić information content (AvgIpc) is 3.35. The first-order valence-corrected chi connectivity index (χ1v) is 8.33. The molecule has 8 heteroatoms. The Hall–Kier alpha value is -2.92. The monoisotopic (exact) mass is 338 g/mol. The number of nitrogens with zero attached hydrogens (tertiary/aromatic N) is 5. The third kappa shape index (κ3) is 2.72. The number of H-pyrrole nitrogens is 1. The molecule has 3 N–H and O–H groups in total. The molecule has 2 atom stereocenters. The highest BCUT2D eigenvalue weighted by atomic mass is 16.3. The second kappa shape index (κ2) is 6.18. The number of nitriles is 1. The summed E-state index contributed by atoms with van der Waals surface area (Å²) in [7, 11) is 0. The molecule has 0 radical (unpaired) electrons. The second-order valence-corrected chi connectivity index (χ2v) is 6.43. The zero-order chi connectivity index (χ0) is 17.4. The number of nitrogens with one attached hydrogen (secondary N) is 1. The fourth-order valence-corrected chi connectivity index (χ4v) is 3.77. The Labute approximate surface area is 143 Å². The fourth-order valence-electron chi connectivity index (χ4n) is 3.77. The molecule has 128 valence electrons. The van der Waals surface area contributed by atoms with Gasteiger partial charge in [0.05, 0.1) is 24.0 Å². The Morgan fingerprint density at radius 2 is 2.12 bits per heavy atom. The molecule has 8 nitrogen and oxygen atoms in total. The van der Waals surface area contributed by atoms with Crippen molar-refractivity contribution in [2.24, 2.45) is 5.92 Å². The lowest BCUT2D eigenvalue weighted by Gasteiger charge is -2.24. The minimum Gasteiger partial charge on any atom is -0.479 e. The Balaban J connectivity index is 1.75. The molecule has 4 rings (SSSR count). The van der Waals surface area contributed by atoms with Gasteiger partial charge in [-0.3, -0.25) is 4.68 Å². The third-order valence-electron chi connectivity index (χ3n) is 4.92. The van der Waals surface area contributed by atoms with Crippen LogP contribution in [0.2, 0.25) is 0 Å². The Morgan fingerprint density at radius 1 is 1.32 bits per heavy atom. The number of hydrogen-bond donors (Lipinski definition) is 3. The van der Waals surface area contributed by atoms with E-state index in [0.717, 1.165) is 31.1 Å². The lowest BCUT2D eigenvalue weighted by molar-refractivity contribution is 0.115. The predicted molar refractivity (Wildman–Crippen MR) is 89.4 cm³/mol. The molecule has 1 saturated carbocycles. The van der Waals surface area contributed by atoms with Gasteiger partial charge in [-0.25, -0.2) is 0 Å². The first-order chi connectivity index (χ1) is 12.2. The molecule has 25 heavy (non-hydrogen) atoms. The van der Waals surface area contributed by atoms with Crippen molar-refractivity contribution in [3.63, 3.8) is 0 Å². The highest BCUT2D eigenvalue weighted by molar-refractivity contribution is 5.90. The van der Waals surface area contributed by atoms with E-state index in [2.05, 4.69) is 20.1 Å². The van der Waals surface area contributed by atoms with E-state index in [-0.39, 0.29) is 18.0 Å². The molecule has 1 fully saturated rings. The van der Waals surface area contributed by atoms with Crippen LogP contribution in [0.1, 0.15) is 31.7 Å². The van der Waals surface area contributed by atoms with Crippen LogP contribution < -0.4 is 0 Å². The summed E-state index contributed by atoms with van der Waals surface area (Å²) >= 11 is 0. The zero-order valence-corrected chi connectivity index (χ0v) is 13.5. The largest absolute Gasteiger partial charge is 0.479 e. The van der Waals surface area contributed by atoms with Crippen LogP contribution in [0.25, 0.3) is 22.3 Å². The lowest BCUT2D eigenvalue weighted by atomic mass is 9.94. The van der Waals surface area contributed by atoms with Gasteiger partial charge in [0.2, 0.25) is 0 Å². The van der Waals surface area contributed by atoms with Crippen LogP contribution in [0.15, 0.2) is 24.7 Å². The van der Waals surface area contributed by atoms with Gasteiger partial charge in [-0.1, -0.05) is 12.8 Å². The smallest absolute Gasteiger partial charge is 0.316 e. The van der Waals surface area contributed by atoms with E-state index in [4.69, 9.17) is 0 Å². The molecule has 1 aliphatic carbocycles. The van der Waals surface area contributed by atoms with Gasteiger partial charge in [-0.2, -0.15) is 20.3 Å². The molecule has 2 unspecified atom stereocenters. The molecule has 0 aliphatic heterocycles. The van der Waals surface area contributed by atoms with E-state index in [1.165, 1.54) is 0 Å². The summed E-state index contributed by atoms with van der Waals surface area (Å²) in [5.41, 5.74) is 1.81. The van der Waals surface area contributed by atoms with Crippen LogP contribution in [-0.4, -0.2) is 41.0 Å². The highest BCUT2D eigenvalue weighted by Gasteiger charge is 2.33. The molecular formula is C17H18N6O2. The number of aromatic amines is 1. The van der Waals surface area contributed by atoms with E-state index >= 15 is 0 Å². The maximum absolute atomic E-state index is 10.2. The predicted octanol–water partition coefficient (Wildman–Crippen LogP) is 2.14. The Morgan fingerprint density at radius 3 is 2.88 bits per heavy atom. The quantitative estimate of drug-likeness (QED) is 0.626. The lowest BCUT2D eigenvalue weighted by Crippen LogP contribution is -2.29. The number of fused-ring (bicyclic) bond motifs is 1. The third-order valence-corrected chi connectivity index (χ3v) is 4.92. The zero-order valence-electron chi connectivity index (χ0n) is 13.5. The normalized spacial score (nSPS) is 17.6. The van der Waals surface area contributed by atoms with Crippen molar-refractivity contribution in [2.75, 3.05) is 0 Å². The van der Waals surface area contributed by atoms with Gasteiger partial charge < -0.3 is 15.2 Å². The standard InChI is InChI=1S/C17H18N6O2/c18-7-13(24)15(10-3-1-2-4-10)23-9-11(8-20-23)14-12-5-6-19-16(12)22-17(25)21-14/h5-6,8-10,13,15,24H,1-4H2,(H2,19,21,22,25). The van der Waals surface area contributed by atoms with E-state index < -0.39 is 6.10 Å². The van der Waals surface area contributed by atoms with Gasteiger partial charge in [-0.15, -0.1) is 0 Å². The molecule has 0 bridgehead atoms. The van der Waals surface area contributed by atoms with Gasteiger partial charge in [0, 0.05) is 23.3 Å². The molecule has 1 aliphatic rings. The van der Waals surface area contributed by atoms with Crippen molar-refractivity contribution < 1.29 is 10.2 Å². The summed E-state index contributed by atoms with van der Waals surface area (Å²) in [6.45, 7) is 0. The van der Waals surface area contributed by atoms with Gasteiger partial charge in [0.1, 0.15) is 5.65 Å². The SMILES string of the molecule is N#CC(O)C(C1CCCC1)n1cc(-c2nc(O)nc3[nH]ccc23)cn1. The Kier molecular flexibility index (Phi) is 3.86. The molecule has 3 aromatic rings. The number of hydrogen-bond acceptors (Lipinski definition) is 6. The van der Waals surface area contributed by atoms with Gasteiger partial charge in [0.15, 0.2) is 6.10 Å². The van der Waals surface area contributed by atoms with Crippen molar-refractivity contribution in [3.8, 4) is 23.3 Å². The summed E-state index contributed by atoms with van der Waals surface area (Å²) in [5, 5.41) is 34.3. The molecular weight excluding hydrogens is 320 g/mol. The second-order valence-electron chi connectivity index (χ2n) is 6.43. The van der Waals surface area contributed by atoms with Gasteiger partial charge in [-0.05, 0) is 24.8 Å². The van der Waals surface area contributed by atoms with Crippen LogP contribution in [0, 0.1) is 17.2 Å².